The van der Waals surface area contributed by atoms with Gasteiger partial charge >= 0.3 is 18.2 Å². The molecule has 0 saturated heterocycles. The largest absolute Gasteiger partial charge is 0.480 e. The fraction of sp³-hybridized carbons (Fsp3) is 0.219. The van der Waals surface area contributed by atoms with Gasteiger partial charge in [0.2, 0.25) is 5.82 Å². The molecule has 3 N–H and O–H groups in total. The van der Waals surface area contributed by atoms with Crippen molar-refractivity contribution in [2.24, 2.45) is 0 Å². The monoisotopic (exact) mass is 681 g/mol. The van der Waals surface area contributed by atoms with Crippen LogP contribution in [-0.2, 0) is 22.1 Å². The summed E-state index contributed by atoms with van der Waals surface area (Å²) in [5.74, 6) is -3.11. The Labute approximate surface area is 274 Å². The van der Waals surface area contributed by atoms with Gasteiger partial charge in [0.1, 0.15) is 17.5 Å². The van der Waals surface area contributed by atoms with E-state index in [1.165, 1.54) is 12.1 Å². The number of nitrogens with one attached hydrogen (secondary N) is 2. The molecule has 0 aliphatic rings. The Balaban J connectivity index is 1.22. The van der Waals surface area contributed by atoms with Gasteiger partial charge in [0.15, 0.2) is 5.69 Å². The van der Waals surface area contributed by atoms with E-state index < -0.39 is 47.2 Å². The van der Waals surface area contributed by atoms with Gasteiger partial charge in [-0.25, -0.2) is 18.7 Å². The highest BCUT2D eigenvalue weighted by atomic mass is 19.4. The minimum absolute atomic E-state index is 0.0299. The van der Waals surface area contributed by atoms with Gasteiger partial charge in [0, 0.05) is 17.7 Å². The third-order valence-electron chi connectivity index (χ3n) is 6.71. The zero-order valence-corrected chi connectivity index (χ0v) is 25.9. The lowest BCUT2D eigenvalue weighted by Crippen LogP contribution is -2.42. The van der Waals surface area contributed by atoms with Crippen molar-refractivity contribution in [3.05, 3.63) is 95.6 Å². The minimum Gasteiger partial charge on any atom is -0.480 e. The van der Waals surface area contributed by atoms with Crippen LogP contribution in [0.15, 0.2) is 77.4 Å². The summed E-state index contributed by atoms with van der Waals surface area (Å²) in [4.78, 5) is 40.9. The number of halogens is 4. The molecule has 13 nitrogen and oxygen atoms in total. The van der Waals surface area contributed by atoms with E-state index in [-0.39, 0.29) is 40.6 Å². The molecule has 5 rings (SSSR count). The smallest absolute Gasteiger partial charge is 0.416 e. The molecule has 0 radical (unpaired) electrons. The molecule has 1 unspecified atom stereocenters. The second kappa shape index (κ2) is 13.5. The number of carboxylic acids is 1. The fourth-order valence-electron chi connectivity index (χ4n) is 4.40. The van der Waals surface area contributed by atoms with Crippen LogP contribution in [0.2, 0.25) is 0 Å². The summed E-state index contributed by atoms with van der Waals surface area (Å²) in [5.41, 5.74) is -0.510. The Bertz CT molecular complexity index is 1980. The van der Waals surface area contributed by atoms with Crippen LogP contribution in [0, 0.1) is 5.82 Å². The second-order valence-electron chi connectivity index (χ2n) is 11.6. The van der Waals surface area contributed by atoms with E-state index in [1.807, 2.05) is 0 Å². The molecule has 49 heavy (non-hydrogen) atoms. The van der Waals surface area contributed by atoms with Gasteiger partial charge in [-0.1, -0.05) is 16.4 Å². The molecule has 2 heterocycles. The summed E-state index contributed by atoms with van der Waals surface area (Å²) >= 11 is 0. The number of aliphatic carboxylic acids is 1. The van der Waals surface area contributed by atoms with Crippen LogP contribution < -0.4 is 10.6 Å². The van der Waals surface area contributed by atoms with Gasteiger partial charge in [-0.15, -0.1) is 5.10 Å². The molecule has 5 aromatic rings. The van der Waals surface area contributed by atoms with Gasteiger partial charge in [-0.05, 0) is 87.0 Å². The Morgan fingerprint density at radius 1 is 1.00 bits per heavy atom. The number of anilines is 1. The highest BCUT2D eigenvalue weighted by Gasteiger charge is 2.30. The summed E-state index contributed by atoms with van der Waals surface area (Å²) < 4.78 is 65.3. The highest BCUT2D eigenvalue weighted by Crippen LogP contribution is 2.30. The normalized spacial score (nSPS) is 12.3. The van der Waals surface area contributed by atoms with Crippen molar-refractivity contribution in [2.45, 2.75) is 45.0 Å². The standard InChI is InChI=1S/C32H27F4N7O6/c1-31(2,3)48-30(47)37-20-9-5-18(6-10-20)28-39-26(41-49-28)22-13-4-17(14-23(22)33)15-24(29(45)46)38-27(44)25-16-43(42-40-25)21-11-7-19(8-12-21)32(34,35)36/h4-14,16,24H,15H2,1-3H3,(H,37,47)(H,38,44)(H,45,46). The van der Waals surface area contributed by atoms with Gasteiger partial charge in [0.25, 0.3) is 11.8 Å². The average molecular weight is 682 g/mol. The van der Waals surface area contributed by atoms with Crippen molar-refractivity contribution in [1.82, 2.24) is 30.5 Å². The van der Waals surface area contributed by atoms with E-state index in [0.29, 0.717) is 11.3 Å². The summed E-state index contributed by atoms with van der Waals surface area (Å²) in [5, 5.41) is 25.8. The number of carbonyl (C=O) groups excluding carboxylic acids is 2. The molecular weight excluding hydrogens is 654 g/mol. The molecule has 17 heteroatoms. The molecule has 1 atom stereocenters. The molecule has 3 aromatic carbocycles. The molecular formula is C32H27F4N7O6. The van der Waals surface area contributed by atoms with E-state index in [1.54, 1.807) is 45.0 Å². The number of hydrogen-bond donors (Lipinski definition) is 3. The van der Waals surface area contributed by atoms with Crippen LogP contribution in [-0.4, -0.2) is 59.9 Å². The molecule has 0 saturated carbocycles. The van der Waals surface area contributed by atoms with Gasteiger partial charge in [-0.2, -0.15) is 18.2 Å². The molecule has 254 valence electrons. The molecule has 0 aliphatic carbocycles. The number of carboxylic acid groups (broad SMARTS) is 1. The van der Waals surface area contributed by atoms with Crippen molar-refractivity contribution in [3.8, 4) is 28.5 Å². The van der Waals surface area contributed by atoms with Crippen LogP contribution >= 0.6 is 0 Å². The first kappa shape index (κ1) is 34.2. The summed E-state index contributed by atoms with van der Waals surface area (Å²) in [7, 11) is 0. The lowest BCUT2D eigenvalue weighted by Gasteiger charge is -2.19. The van der Waals surface area contributed by atoms with Gasteiger partial charge in [-0.3, -0.25) is 10.1 Å². The molecule has 2 amide bonds. The van der Waals surface area contributed by atoms with Crippen LogP contribution in [0.4, 0.5) is 28.0 Å². The maximum atomic E-state index is 15.2. The van der Waals surface area contributed by atoms with E-state index in [9.17, 15) is 32.7 Å². The number of alkyl halides is 3. The van der Waals surface area contributed by atoms with E-state index in [0.717, 1.165) is 41.2 Å². The third-order valence-corrected chi connectivity index (χ3v) is 6.71. The number of carbonyl (C=O) groups is 3. The number of aromatic nitrogens is 5. The quantitative estimate of drug-likeness (QED) is 0.159. The number of nitrogens with zero attached hydrogens (tertiary/aromatic N) is 5. The maximum absolute atomic E-state index is 15.2. The number of hydrogen-bond acceptors (Lipinski definition) is 9. The predicted molar refractivity (Wildman–Crippen MR) is 164 cm³/mol. The Kier molecular flexibility index (Phi) is 9.45. The van der Waals surface area contributed by atoms with Gasteiger partial charge < -0.3 is 19.7 Å². The maximum Gasteiger partial charge on any atom is 0.416 e. The van der Waals surface area contributed by atoms with E-state index >= 15 is 4.39 Å². The Morgan fingerprint density at radius 3 is 2.31 bits per heavy atom. The van der Waals surface area contributed by atoms with Crippen molar-refractivity contribution in [2.75, 3.05) is 5.32 Å². The lowest BCUT2D eigenvalue weighted by molar-refractivity contribution is -0.139. The lowest BCUT2D eigenvalue weighted by atomic mass is 10.0. The zero-order chi connectivity index (χ0) is 35.5. The molecule has 0 fully saturated rings. The Morgan fingerprint density at radius 2 is 1.69 bits per heavy atom. The van der Waals surface area contributed by atoms with Gasteiger partial charge in [0.05, 0.1) is 23.0 Å². The number of rotatable bonds is 9. The first-order valence-corrected chi connectivity index (χ1v) is 14.4. The SMILES string of the molecule is CC(C)(C)OC(=O)Nc1ccc(-c2nc(-c3ccc(CC(NC(=O)c4cn(-c5ccc(C(F)(F)F)cc5)nn4)C(=O)O)cc3F)no2)cc1. The summed E-state index contributed by atoms with van der Waals surface area (Å²) in [6.07, 6.45) is -4.34. The molecule has 2 aromatic heterocycles. The summed E-state index contributed by atoms with van der Waals surface area (Å²) in [6.45, 7) is 5.22. The van der Waals surface area contributed by atoms with Crippen LogP contribution in [0.3, 0.4) is 0 Å². The van der Waals surface area contributed by atoms with E-state index in [2.05, 4.69) is 31.1 Å². The number of amides is 2. The highest BCUT2D eigenvalue weighted by molar-refractivity contribution is 5.94. The minimum atomic E-state index is -4.53. The van der Waals surface area contributed by atoms with Crippen LogP contribution in [0.5, 0.6) is 0 Å². The Hall–Kier alpha value is -6.13. The van der Waals surface area contributed by atoms with Crippen LogP contribution in [0.1, 0.15) is 42.4 Å². The molecule has 0 bridgehead atoms. The predicted octanol–water partition coefficient (Wildman–Crippen LogP) is 5.91. The third kappa shape index (κ3) is 8.62. The van der Waals surface area contributed by atoms with Crippen molar-refractivity contribution in [3.63, 3.8) is 0 Å². The number of ether oxygens (including phenoxy) is 1. The zero-order valence-electron chi connectivity index (χ0n) is 25.9. The van der Waals surface area contributed by atoms with Crippen molar-refractivity contribution < 1.29 is 46.3 Å². The molecule has 0 spiro atoms. The first-order chi connectivity index (χ1) is 23.1. The first-order valence-electron chi connectivity index (χ1n) is 14.4. The summed E-state index contributed by atoms with van der Waals surface area (Å²) in [6, 6.07) is 12.7. The van der Waals surface area contributed by atoms with Crippen LogP contribution in [0.25, 0.3) is 28.5 Å². The number of benzene rings is 3. The topological polar surface area (TPSA) is 174 Å². The van der Waals surface area contributed by atoms with Crippen molar-refractivity contribution in [1.29, 1.82) is 0 Å². The van der Waals surface area contributed by atoms with E-state index in [4.69, 9.17) is 9.26 Å². The second-order valence-corrected chi connectivity index (χ2v) is 11.6. The average Bonchev–Trinajstić information content (AvgIpc) is 3.71. The van der Waals surface area contributed by atoms with Crippen molar-refractivity contribution >= 4 is 23.7 Å². The fourth-order valence-corrected chi connectivity index (χ4v) is 4.40. The molecule has 0 aliphatic heterocycles.